The molecule has 2 rings (SSSR count). The Morgan fingerprint density at radius 2 is 2.08 bits per heavy atom. The number of nitrogens with zero attached hydrogens (tertiary/aromatic N) is 3. The third-order valence-electron chi connectivity index (χ3n) is 3.91. The van der Waals surface area contributed by atoms with Crippen molar-refractivity contribution in [1.29, 1.82) is 0 Å². The highest BCUT2D eigenvalue weighted by molar-refractivity contribution is 7.92. The highest BCUT2D eigenvalue weighted by Crippen LogP contribution is 2.28. The van der Waals surface area contributed by atoms with E-state index >= 15 is 0 Å². The predicted octanol–water partition coefficient (Wildman–Crippen LogP) is 0.847. The molecular formula is C16H25N5O4S. The van der Waals surface area contributed by atoms with Gasteiger partial charge in [0.25, 0.3) is 0 Å². The van der Waals surface area contributed by atoms with E-state index in [0.717, 1.165) is 12.7 Å². The molecule has 2 aromatic rings. The van der Waals surface area contributed by atoms with E-state index in [0.29, 0.717) is 12.1 Å². The minimum atomic E-state index is -3.53. The molecule has 0 spiro atoms. The van der Waals surface area contributed by atoms with Crippen LogP contribution < -0.4 is 10.0 Å². The van der Waals surface area contributed by atoms with Gasteiger partial charge in [-0.05, 0) is 38.0 Å². The van der Waals surface area contributed by atoms with Gasteiger partial charge in [-0.1, -0.05) is 6.07 Å². The molecule has 26 heavy (non-hydrogen) atoms. The van der Waals surface area contributed by atoms with Gasteiger partial charge in [-0.15, -0.1) is 0 Å². The molecule has 9 nitrogen and oxygen atoms in total. The molecule has 1 atom stereocenters. The van der Waals surface area contributed by atoms with Crippen molar-refractivity contribution in [3.63, 3.8) is 0 Å². The van der Waals surface area contributed by atoms with Gasteiger partial charge in [0, 0.05) is 18.6 Å². The highest BCUT2D eigenvalue weighted by atomic mass is 32.2. The van der Waals surface area contributed by atoms with Crippen LogP contribution in [0.3, 0.4) is 0 Å². The van der Waals surface area contributed by atoms with Gasteiger partial charge in [0.2, 0.25) is 10.0 Å². The molecule has 0 saturated heterocycles. The van der Waals surface area contributed by atoms with Gasteiger partial charge in [0.15, 0.2) is 0 Å². The number of anilines is 1. The molecule has 0 bridgehead atoms. The van der Waals surface area contributed by atoms with Crippen LogP contribution in [0.5, 0.6) is 5.75 Å². The molecule has 4 N–H and O–H groups in total. The van der Waals surface area contributed by atoms with Gasteiger partial charge >= 0.3 is 0 Å². The topological polar surface area (TPSA) is 129 Å². The number of rotatable bonds is 9. The molecule has 144 valence electrons. The monoisotopic (exact) mass is 383 g/mol. The van der Waals surface area contributed by atoms with Crippen LogP contribution in [0.1, 0.15) is 31.9 Å². The van der Waals surface area contributed by atoms with E-state index in [9.17, 15) is 18.6 Å². The number of aliphatic hydroxyl groups is 1. The molecule has 0 aliphatic heterocycles. The summed E-state index contributed by atoms with van der Waals surface area (Å²) >= 11 is 0. The average molecular weight is 383 g/mol. The molecule has 0 aliphatic carbocycles. The van der Waals surface area contributed by atoms with Gasteiger partial charge in [0.1, 0.15) is 18.4 Å². The molecule has 0 radical (unpaired) electrons. The lowest BCUT2D eigenvalue weighted by atomic mass is 9.99. The maximum atomic E-state index is 11.4. The minimum absolute atomic E-state index is 0.0366. The van der Waals surface area contributed by atoms with Crippen LogP contribution >= 0.6 is 0 Å². The number of aryl methyl sites for hydroxylation is 1. The molecule has 10 heteroatoms. The Hall–Kier alpha value is -2.17. The first-order chi connectivity index (χ1) is 12.1. The Kier molecular flexibility index (Phi) is 6.21. The van der Waals surface area contributed by atoms with Gasteiger partial charge in [-0.2, -0.15) is 5.10 Å². The second-order valence-corrected chi connectivity index (χ2v) is 8.59. The number of sulfonamides is 1. The number of aliphatic hydroxyl groups excluding tert-OH is 1. The Morgan fingerprint density at radius 1 is 1.35 bits per heavy atom. The maximum Gasteiger partial charge on any atom is 0.229 e. The molecule has 1 aromatic heterocycles. The SMILES string of the molecule is CC(C)(CCn1cncn1)NCC(O)c1ccc(O)c(NS(C)(=O)=O)c1. The summed E-state index contributed by atoms with van der Waals surface area (Å²) in [4.78, 5) is 3.90. The second-order valence-electron chi connectivity index (χ2n) is 6.84. The van der Waals surface area contributed by atoms with Crippen molar-refractivity contribution >= 4 is 15.7 Å². The minimum Gasteiger partial charge on any atom is -0.506 e. The normalized spacial score (nSPS) is 13.5. The average Bonchev–Trinajstić information content (AvgIpc) is 3.05. The lowest BCUT2D eigenvalue weighted by molar-refractivity contribution is 0.158. The van der Waals surface area contributed by atoms with Crippen LogP contribution in [0.15, 0.2) is 30.9 Å². The summed E-state index contributed by atoms with van der Waals surface area (Å²) in [7, 11) is -3.53. The lowest BCUT2D eigenvalue weighted by Crippen LogP contribution is -2.42. The van der Waals surface area contributed by atoms with Crippen LogP contribution in [-0.4, -0.2) is 51.7 Å². The summed E-state index contributed by atoms with van der Waals surface area (Å²) in [5.41, 5.74) is 0.278. The van der Waals surface area contributed by atoms with Gasteiger partial charge in [-0.25, -0.2) is 13.4 Å². The summed E-state index contributed by atoms with van der Waals surface area (Å²) < 4.78 is 26.7. The standard InChI is InChI=1S/C16H25N5O4S/c1-16(2,6-7-21-11-17-10-19-21)18-9-15(23)12-4-5-14(22)13(8-12)20-26(3,24)25/h4-5,8,10-11,15,18,20,22-23H,6-7,9H2,1-3H3. The molecule has 0 fully saturated rings. The van der Waals surface area contributed by atoms with Crippen molar-refractivity contribution < 1.29 is 18.6 Å². The molecule has 1 unspecified atom stereocenters. The van der Waals surface area contributed by atoms with Crippen molar-refractivity contribution in [2.45, 2.75) is 38.5 Å². The Morgan fingerprint density at radius 3 is 2.69 bits per heavy atom. The Bertz CT molecular complexity index is 821. The zero-order valence-electron chi connectivity index (χ0n) is 15.0. The first kappa shape index (κ1) is 20.1. The fourth-order valence-electron chi connectivity index (χ4n) is 2.36. The summed E-state index contributed by atoms with van der Waals surface area (Å²) in [5, 5.41) is 27.5. The van der Waals surface area contributed by atoms with E-state index in [-0.39, 0.29) is 23.5 Å². The van der Waals surface area contributed by atoms with Crippen molar-refractivity contribution in [1.82, 2.24) is 20.1 Å². The number of phenols is 1. The number of aromatic nitrogens is 3. The summed E-state index contributed by atoms with van der Waals surface area (Å²) in [6.45, 7) is 5.00. The molecule has 0 amide bonds. The van der Waals surface area contributed by atoms with E-state index in [1.54, 1.807) is 17.1 Å². The lowest BCUT2D eigenvalue weighted by Gasteiger charge is -2.28. The number of phenolic OH excluding ortho intramolecular Hbond substituents is 1. The number of benzene rings is 1. The van der Waals surface area contributed by atoms with Crippen molar-refractivity contribution in [3.8, 4) is 5.75 Å². The van der Waals surface area contributed by atoms with E-state index in [2.05, 4.69) is 20.1 Å². The number of nitrogens with one attached hydrogen (secondary N) is 2. The van der Waals surface area contributed by atoms with Crippen LogP contribution in [-0.2, 0) is 16.6 Å². The Balaban J connectivity index is 1.96. The maximum absolute atomic E-state index is 11.4. The van der Waals surface area contributed by atoms with Crippen molar-refractivity contribution in [2.24, 2.45) is 0 Å². The summed E-state index contributed by atoms with van der Waals surface area (Å²) in [6.07, 6.45) is 4.05. The number of hydrogen-bond acceptors (Lipinski definition) is 7. The van der Waals surface area contributed by atoms with Crippen LogP contribution in [0.2, 0.25) is 0 Å². The highest BCUT2D eigenvalue weighted by Gasteiger charge is 2.20. The van der Waals surface area contributed by atoms with E-state index in [1.807, 2.05) is 13.8 Å². The second kappa shape index (κ2) is 8.02. The van der Waals surface area contributed by atoms with Crippen LogP contribution in [0, 0.1) is 0 Å². The van der Waals surface area contributed by atoms with Crippen molar-refractivity contribution in [3.05, 3.63) is 36.4 Å². The van der Waals surface area contributed by atoms with Crippen LogP contribution in [0.4, 0.5) is 5.69 Å². The molecule has 1 aromatic carbocycles. The van der Waals surface area contributed by atoms with Gasteiger partial charge < -0.3 is 15.5 Å². The fourth-order valence-corrected chi connectivity index (χ4v) is 2.93. The largest absolute Gasteiger partial charge is 0.506 e. The van der Waals surface area contributed by atoms with E-state index < -0.39 is 16.1 Å². The zero-order chi connectivity index (χ0) is 19.4. The molecule has 0 aliphatic rings. The molecule has 0 saturated carbocycles. The Labute approximate surface area is 153 Å². The predicted molar refractivity (Wildman–Crippen MR) is 98.3 cm³/mol. The summed E-state index contributed by atoms with van der Waals surface area (Å²) in [5.74, 6) is -0.201. The summed E-state index contributed by atoms with van der Waals surface area (Å²) in [6, 6.07) is 4.32. The zero-order valence-corrected chi connectivity index (χ0v) is 15.9. The van der Waals surface area contributed by atoms with Gasteiger partial charge in [0.05, 0.1) is 18.0 Å². The van der Waals surface area contributed by atoms with E-state index in [1.165, 1.54) is 18.5 Å². The number of aromatic hydroxyl groups is 1. The van der Waals surface area contributed by atoms with Crippen LogP contribution in [0.25, 0.3) is 0 Å². The molecular weight excluding hydrogens is 358 g/mol. The third-order valence-corrected chi connectivity index (χ3v) is 4.50. The van der Waals surface area contributed by atoms with Gasteiger partial charge in [-0.3, -0.25) is 9.40 Å². The van der Waals surface area contributed by atoms with Crippen molar-refractivity contribution in [2.75, 3.05) is 17.5 Å². The quantitative estimate of drug-likeness (QED) is 0.472. The third kappa shape index (κ3) is 6.28. The number of β-amino-alcohol motifs (C(OH)–C–C–N with tert-alkyl or cyclic N) is 1. The first-order valence-corrected chi connectivity index (χ1v) is 10.0. The fraction of sp³-hybridized carbons (Fsp3) is 0.500. The first-order valence-electron chi connectivity index (χ1n) is 8.12. The van der Waals surface area contributed by atoms with E-state index in [4.69, 9.17) is 0 Å². The number of hydrogen-bond donors (Lipinski definition) is 4. The molecule has 1 heterocycles. The smallest absolute Gasteiger partial charge is 0.229 e.